The lowest BCUT2D eigenvalue weighted by Gasteiger charge is -2.32. The lowest BCUT2D eigenvalue weighted by molar-refractivity contribution is 0.00578. The molecule has 0 spiro atoms. The molecule has 2 aromatic heterocycles. The second kappa shape index (κ2) is 6.93. The van der Waals surface area contributed by atoms with Gasteiger partial charge in [0.15, 0.2) is 0 Å². The number of carbonyl (C=O) groups is 1. The first kappa shape index (κ1) is 19.5. The number of fused-ring (bicyclic) bond motifs is 1. The molecule has 6 nitrogen and oxygen atoms in total. The largest absolute Gasteiger partial charge is 0.495 e. The summed E-state index contributed by atoms with van der Waals surface area (Å²) in [5.74, 6) is -0.463. The van der Waals surface area contributed by atoms with Gasteiger partial charge in [0.1, 0.15) is 5.69 Å². The molecule has 1 saturated heterocycles. The maximum absolute atomic E-state index is 11.6. The van der Waals surface area contributed by atoms with Crippen molar-refractivity contribution in [1.29, 1.82) is 0 Å². The third-order valence-electron chi connectivity index (χ3n) is 5.76. The Morgan fingerprint density at radius 2 is 1.72 bits per heavy atom. The average molecular weight is 390 g/mol. The number of hydrogen-bond donors (Lipinski definition) is 0. The lowest BCUT2D eigenvalue weighted by atomic mass is 9.76. The van der Waals surface area contributed by atoms with Crippen LogP contribution in [-0.4, -0.2) is 41.4 Å². The fourth-order valence-corrected chi connectivity index (χ4v) is 3.30. The van der Waals surface area contributed by atoms with Gasteiger partial charge in [-0.05, 0) is 62.1 Å². The summed E-state index contributed by atoms with van der Waals surface area (Å²) in [5.41, 5.74) is 2.01. The molecule has 1 aliphatic heterocycles. The molecule has 0 amide bonds. The van der Waals surface area contributed by atoms with E-state index in [0.29, 0.717) is 0 Å². The summed E-state index contributed by atoms with van der Waals surface area (Å²) in [4.78, 5) is 20.3. The first-order valence-corrected chi connectivity index (χ1v) is 9.51. The van der Waals surface area contributed by atoms with Crippen LogP contribution in [0.1, 0.15) is 38.2 Å². The lowest BCUT2D eigenvalue weighted by Crippen LogP contribution is -2.41. The fraction of sp³-hybridized carbons (Fsp3) is 0.318. The van der Waals surface area contributed by atoms with E-state index in [1.165, 1.54) is 7.11 Å². The molecule has 0 aliphatic carbocycles. The SMILES string of the molecule is COC(=O)c1ccc(-c2cc3cccc(B4OC(C)(C)C(C)(C)O4)c3cn2)cn1. The van der Waals surface area contributed by atoms with Crippen molar-refractivity contribution in [2.24, 2.45) is 0 Å². The first-order valence-electron chi connectivity index (χ1n) is 9.51. The summed E-state index contributed by atoms with van der Waals surface area (Å²) in [5, 5.41) is 2.01. The summed E-state index contributed by atoms with van der Waals surface area (Å²) in [6.45, 7) is 8.16. The second-order valence-electron chi connectivity index (χ2n) is 8.15. The third-order valence-corrected chi connectivity index (χ3v) is 5.76. The van der Waals surface area contributed by atoms with Gasteiger partial charge >= 0.3 is 13.1 Å². The van der Waals surface area contributed by atoms with Crippen LogP contribution in [0.5, 0.6) is 0 Å². The van der Waals surface area contributed by atoms with Crippen molar-refractivity contribution in [1.82, 2.24) is 9.97 Å². The summed E-state index contributed by atoms with van der Waals surface area (Å²) < 4.78 is 17.1. The smallest absolute Gasteiger partial charge is 0.464 e. The Morgan fingerprint density at radius 3 is 2.34 bits per heavy atom. The normalized spacial score (nSPS) is 17.5. The molecular weight excluding hydrogens is 367 g/mol. The molecule has 1 aromatic carbocycles. The molecule has 0 saturated carbocycles. The van der Waals surface area contributed by atoms with Crippen LogP contribution >= 0.6 is 0 Å². The van der Waals surface area contributed by atoms with Crippen LogP contribution in [0.15, 0.2) is 48.8 Å². The van der Waals surface area contributed by atoms with Gasteiger partial charge in [-0.1, -0.05) is 18.2 Å². The van der Waals surface area contributed by atoms with E-state index < -0.39 is 24.3 Å². The summed E-state index contributed by atoms with van der Waals surface area (Å²) in [6, 6.07) is 11.5. The molecule has 0 radical (unpaired) electrons. The van der Waals surface area contributed by atoms with E-state index >= 15 is 0 Å². The molecule has 3 aromatic rings. The van der Waals surface area contributed by atoms with Gasteiger partial charge < -0.3 is 14.0 Å². The summed E-state index contributed by atoms with van der Waals surface area (Å²) in [6.07, 6.45) is 3.46. The first-order chi connectivity index (χ1) is 13.7. The molecular formula is C22H23BN2O4. The molecule has 1 aliphatic rings. The molecule has 0 N–H and O–H groups in total. The zero-order valence-corrected chi connectivity index (χ0v) is 17.2. The predicted octanol–water partition coefficient (Wildman–Crippen LogP) is 3.38. The Labute approximate surface area is 170 Å². The highest BCUT2D eigenvalue weighted by atomic mass is 16.7. The van der Waals surface area contributed by atoms with Crippen LogP contribution in [-0.2, 0) is 14.0 Å². The number of ether oxygens (including phenoxy) is 1. The number of esters is 1. The Balaban J connectivity index is 1.69. The number of hydrogen-bond acceptors (Lipinski definition) is 6. The van der Waals surface area contributed by atoms with Crippen molar-refractivity contribution in [2.45, 2.75) is 38.9 Å². The Morgan fingerprint density at radius 1 is 1.00 bits per heavy atom. The molecule has 0 atom stereocenters. The molecule has 1 fully saturated rings. The van der Waals surface area contributed by atoms with Crippen molar-refractivity contribution >= 4 is 29.3 Å². The van der Waals surface area contributed by atoms with Crippen molar-refractivity contribution in [3.8, 4) is 11.3 Å². The number of methoxy groups -OCH3 is 1. The van der Waals surface area contributed by atoms with Gasteiger partial charge in [0, 0.05) is 18.0 Å². The minimum Gasteiger partial charge on any atom is -0.464 e. The van der Waals surface area contributed by atoms with Crippen LogP contribution in [0.3, 0.4) is 0 Å². The number of pyridine rings is 2. The molecule has 148 valence electrons. The number of aromatic nitrogens is 2. The molecule has 29 heavy (non-hydrogen) atoms. The number of rotatable bonds is 3. The minimum atomic E-state index is -0.463. The van der Waals surface area contributed by atoms with Crippen LogP contribution < -0.4 is 5.46 Å². The van der Waals surface area contributed by atoms with E-state index in [0.717, 1.165) is 27.5 Å². The van der Waals surface area contributed by atoms with Crippen molar-refractivity contribution < 1.29 is 18.8 Å². The van der Waals surface area contributed by atoms with Gasteiger partial charge in [0.25, 0.3) is 0 Å². The van der Waals surface area contributed by atoms with Crippen molar-refractivity contribution in [3.63, 3.8) is 0 Å². The highest BCUT2D eigenvalue weighted by molar-refractivity contribution is 6.65. The van der Waals surface area contributed by atoms with Crippen molar-refractivity contribution in [2.75, 3.05) is 7.11 Å². The standard InChI is InChI=1S/C22H23BN2O4/c1-21(2)22(3,4)29-23(28-21)17-8-6-7-14-11-19(25-13-16(14)17)15-9-10-18(24-12-15)20(26)27-5/h6-13H,1-5H3. The van der Waals surface area contributed by atoms with Crippen molar-refractivity contribution in [3.05, 3.63) is 54.5 Å². The summed E-state index contributed by atoms with van der Waals surface area (Å²) >= 11 is 0. The van der Waals surface area contributed by atoms with E-state index in [9.17, 15) is 4.79 Å². The predicted molar refractivity (Wildman–Crippen MR) is 112 cm³/mol. The maximum atomic E-state index is 11.6. The number of benzene rings is 1. The summed E-state index contributed by atoms with van der Waals surface area (Å²) in [7, 11) is 0.887. The van der Waals surface area contributed by atoms with Gasteiger partial charge in [-0.2, -0.15) is 0 Å². The molecule has 7 heteroatoms. The van der Waals surface area contributed by atoms with Gasteiger partial charge in [0.05, 0.1) is 24.0 Å². The monoisotopic (exact) mass is 390 g/mol. The van der Waals surface area contributed by atoms with E-state index in [4.69, 9.17) is 9.31 Å². The molecule has 3 heterocycles. The fourth-order valence-electron chi connectivity index (χ4n) is 3.30. The second-order valence-corrected chi connectivity index (χ2v) is 8.15. The highest BCUT2D eigenvalue weighted by Crippen LogP contribution is 2.37. The molecule has 0 unspecified atom stereocenters. The van der Waals surface area contributed by atoms with Crippen LogP contribution in [0.25, 0.3) is 22.0 Å². The zero-order valence-electron chi connectivity index (χ0n) is 17.2. The van der Waals surface area contributed by atoms with E-state index in [2.05, 4.69) is 14.7 Å². The molecule has 4 rings (SSSR count). The Bertz CT molecular complexity index is 1060. The van der Waals surface area contributed by atoms with Gasteiger partial charge in [0.2, 0.25) is 0 Å². The van der Waals surface area contributed by atoms with Gasteiger partial charge in [-0.3, -0.25) is 4.98 Å². The molecule has 0 bridgehead atoms. The van der Waals surface area contributed by atoms with Gasteiger partial charge in [-0.25, -0.2) is 9.78 Å². The van der Waals surface area contributed by atoms with Gasteiger partial charge in [-0.15, -0.1) is 0 Å². The zero-order chi connectivity index (χ0) is 20.8. The number of carbonyl (C=O) groups excluding carboxylic acids is 1. The Kier molecular flexibility index (Phi) is 4.67. The average Bonchev–Trinajstić information content (AvgIpc) is 2.93. The van der Waals surface area contributed by atoms with Crippen LogP contribution in [0.2, 0.25) is 0 Å². The quantitative estimate of drug-likeness (QED) is 0.505. The highest BCUT2D eigenvalue weighted by Gasteiger charge is 2.52. The van der Waals surface area contributed by atoms with Crippen LogP contribution in [0, 0.1) is 0 Å². The van der Waals surface area contributed by atoms with Crippen LogP contribution in [0.4, 0.5) is 0 Å². The van der Waals surface area contributed by atoms with E-state index in [-0.39, 0.29) is 5.69 Å². The van der Waals surface area contributed by atoms with E-state index in [1.54, 1.807) is 12.3 Å². The number of nitrogens with zero attached hydrogens (tertiary/aromatic N) is 2. The minimum absolute atomic E-state index is 0.264. The van der Waals surface area contributed by atoms with E-state index in [1.807, 2.05) is 64.2 Å². The maximum Gasteiger partial charge on any atom is 0.495 e. The Hall–Kier alpha value is -2.77. The third kappa shape index (κ3) is 3.41. The topological polar surface area (TPSA) is 70.5 Å².